The number of halogens is 2. The molecule has 0 aromatic heterocycles. The van der Waals surface area contributed by atoms with Crippen LogP contribution in [0.1, 0.15) is 42.5 Å². The third-order valence-electron chi connectivity index (χ3n) is 4.60. The van der Waals surface area contributed by atoms with E-state index in [1.54, 1.807) is 12.1 Å². The van der Waals surface area contributed by atoms with E-state index < -0.39 is 10.0 Å². The van der Waals surface area contributed by atoms with Gasteiger partial charge in [-0.15, -0.1) is 24.8 Å². The number of nitrogens with one attached hydrogen (secondary N) is 1. The maximum absolute atomic E-state index is 12.7. The lowest BCUT2D eigenvalue weighted by atomic mass is 10.1. The Morgan fingerprint density at radius 1 is 1.14 bits per heavy atom. The first-order chi connectivity index (χ1) is 12.4. The Morgan fingerprint density at radius 2 is 1.79 bits per heavy atom. The number of nitrogens with zero attached hydrogens (tertiary/aromatic N) is 2. The molecule has 1 aromatic rings. The lowest BCUT2D eigenvalue weighted by Crippen LogP contribution is -2.33. The van der Waals surface area contributed by atoms with E-state index >= 15 is 0 Å². The Hall–Kier alpha value is -1.06. The van der Waals surface area contributed by atoms with Gasteiger partial charge in [0.15, 0.2) is 0 Å². The standard InChI is InChI=1S/C18H30N4O3S.2ClH/c1-21(2)26(24,25)15-8-9-17(22-12-6-3-7-13-22)16(14-15)18(23)20-11-5-4-10-19;;/h8-9,14H,3-7,10-13,19H2,1-2H3,(H,20,23);2*1H. The first-order valence-electron chi connectivity index (χ1n) is 9.17. The SMILES string of the molecule is CN(C)S(=O)(=O)c1ccc(N2CCCCC2)c(C(=O)NCCCCN)c1.Cl.Cl. The molecule has 3 N–H and O–H groups in total. The van der Waals surface area contributed by atoms with Crippen molar-refractivity contribution in [1.82, 2.24) is 9.62 Å². The summed E-state index contributed by atoms with van der Waals surface area (Å²) in [5.74, 6) is -0.238. The molecule has 1 heterocycles. The molecule has 1 aromatic carbocycles. The number of amides is 1. The number of benzene rings is 1. The molecule has 1 fully saturated rings. The topological polar surface area (TPSA) is 95.7 Å². The van der Waals surface area contributed by atoms with Gasteiger partial charge in [-0.1, -0.05) is 0 Å². The summed E-state index contributed by atoms with van der Waals surface area (Å²) in [6.45, 7) is 2.88. The number of anilines is 1. The number of sulfonamides is 1. The minimum absolute atomic E-state index is 0. The first kappa shape index (κ1) is 26.9. The Bertz CT molecular complexity index is 724. The van der Waals surface area contributed by atoms with Crippen molar-refractivity contribution in [3.05, 3.63) is 23.8 Å². The summed E-state index contributed by atoms with van der Waals surface area (Å²) in [5.41, 5.74) is 6.71. The molecule has 0 spiro atoms. The quantitative estimate of drug-likeness (QED) is 0.587. The van der Waals surface area contributed by atoms with Gasteiger partial charge < -0.3 is 16.0 Å². The first-order valence-corrected chi connectivity index (χ1v) is 10.6. The molecule has 0 unspecified atom stereocenters. The van der Waals surface area contributed by atoms with Gasteiger partial charge in [0.25, 0.3) is 5.91 Å². The van der Waals surface area contributed by atoms with Gasteiger partial charge in [-0.2, -0.15) is 0 Å². The van der Waals surface area contributed by atoms with Crippen molar-refractivity contribution < 1.29 is 13.2 Å². The van der Waals surface area contributed by atoms with Gasteiger partial charge in [-0.05, 0) is 56.8 Å². The molecule has 1 aliphatic rings. The lowest BCUT2D eigenvalue weighted by Gasteiger charge is -2.30. The van der Waals surface area contributed by atoms with Crippen molar-refractivity contribution in [3.63, 3.8) is 0 Å². The van der Waals surface area contributed by atoms with E-state index in [4.69, 9.17) is 5.73 Å². The highest BCUT2D eigenvalue weighted by atomic mass is 35.5. The van der Waals surface area contributed by atoms with E-state index in [9.17, 15) is 13.2 Å². The van der Waals surface area contributed by atoms with Crippen LogP contribution < -0.4 is 16.0 Å². The molecular weight excluding hydrogens is 423 g/mol. The van der Waals surface area contributed by atoms with Crippen LogP contribution in [0.3, 0.4) is 0 Å². The summed E-state index contributed by atoms with van der Waals surface area (Å²) < 4.78 is 26.1. The number of hydrogen-bond acceptors (Lipinski definition) is 5. The molecule has 1 saturated heterocycles. The predicted molar refractivity (Wildman–Crippen MR) is 118 cm³/mol. The second-order valence-electron chi connectivity index (χ2n) is 6.77. The average Bonchev–Trinajstić information content (AvgIpc) is 2.65. The monoisotopic (exact) mass is 454 g/mol. The van der Waals surface area contributed by atoms with Gasteiger partial charge in [-0.3, -0.25) is 4.79 Å². The van der Waals surface area contributed by atoms with E-state index in [0.717, 1.165) is 48.8 Å². The Labute approximate surface area is 180 Å². The summed E-state index contributed by atoms with van der Waals surface area (Å²) in [7, 11) is -0.618. The van der Waals surface area contributed by atoms with E-state index in [1.165, 1.54) is 26.6 Å². The Balaban J connectivity index is 0.00000364. The molecule has 1 amide bonds. The van der Waals surface area contributed by atoms with Gasteiger partial charge in [0.1, 0.15) is 0 Å². The molecule has 0 radical (unpaired) electrons. The highest BCUT2D eigenvalue weighted by Gasteiger charge is 2.24. The highest BCUT2D eigenvalue weighted by Crippen LogP contribution is 2.27. The summed E-state index contributed by atoms with van der Waals surface area (Å²) in [6, 6.07) is 4.85. The summed E-state index contributed by atoms with van der Waals surface area (Å²) in [5, 5.41) is 2.89. The van der Waals surface area contributed by atoms with E-state index in [1.807, 2.05) is 0 Å². The van der Waals surface area contributed by atoms with Gasteiger partial charge in [0, 0.05) is 39.4 Å². The molecule has 28 heavy (non-hydrogen) atoms. The van der Waals surface area contributed by atoms with Crippen molar-refractivity contribution in [3.8, 4) is 0 Å². The third-order valence-corrected chi connectivity index (χ3v) is 6.42. The zero-order chi connectivity index (χ0) is 19.2. The smallest absolute Gasteiger partial charge is 0.253 e. The van der Waals surface area contributed by atoms with Gasteiger partial charge in [-0.25, -0.2) is 12.7 Å². The fourth-order valence-electron chi connectivity index (χ4n) is 3.05. The van der Waals surface area contributed by atoms with Gasteiger partial charge in [0.05, 0.1) is 10.5 Å². The summed E-state index contributed by atoms with van der Waals surface area (Å²) in [4.78, 5) is 15.0. The van der Waals surface area contributed by atoms with Gasteiger partial charge in [0.2, 0.25) is 10.0 Å². The summed E-state index contributed by atoms with van der Waals surface area (Å²) >= 11 is 0. The fourth-order valence-corrected chi connectivity index (χ4v) is 3.97. The van der Waals surface area contributed by atoms with E-state index in [0.29, 0.717) is 18.7 Å². The maximum Gasteiger partial charge on any atom is 0.253 e. The molecule has 2 rings (SSSR count). The van der Waals surface area contributed by atoms with Crippen LogP contribution in [0.2, 0.25) is 0 Å². The molecule has 10 heteroatoms. The van der Waals surface area contributed by atoms with Crippen molar-refractivity contribution >= 4 is 46.4 Å². The van der Waals surface area contributed by atoms with Crippen LogP contribution in [-0.2, 0) is 10.0 Å². The second-order valence-corrected chi connectivity index (χ2v) is 8.92. The number of rotatable bonds is 8. The van der Waals surface area contributed by atoms with Crippen LogP contribution in [0.4, 0.5) is 5.69 Å². The fraction of sp³-hybridized carbons (Fsp3) is 0.611. The molecule has 0 atom stereocenters. The van der Waals surface area contributed by atoms with E-state index in [-0.39, 0.29) is 35.6 Å². The van der Waals surface area contributed by atoms with Gasteiger partial charge >= 0.3 is 0 Å². The van der Waals surface area contributed by atoms with E-state index in [2.05, 4.69) is 10.2 Å². The number of carbonyl (C=O) groups is 1. The lowest BCUT2D eigenvalue weighted by molar-refractivity contribution is 0.0953. The second kappa shape index (κ2) is 12.5. The Kier molecular flexibility index (Phi) is 12.0. The van der Waals surface area contributed by atoms with Crippen LogP contribution in [-0.4, -0.2) is 58.9 Å². The maximum atomic E-state index is 12.7. The van der Waals surface area contributed by atoms with Crippen LogP contribution in [0.5, 0.6) is 0 Å². The minimum Gasteiger partial charge on any atom is -0.371 e. The van der Waals surface area contributed by atoms with Crippen molar-refractivity contribution in [2.75, 3.05) is 45.2 Å². The van der Waals surface area contributed by atoms with Crippen molar-refractivity contribution in [1.29, 1.82) is 0 Å². The minimum atomic E-state index is -3.59. The predicted octanol–water partition coefficient (Wildman–Crippen LogP) is 2.24. The zero-order valence-corrected chi connectivity index (χ0v) is 19.0. The number of unbranched alkanes of at least 4 members (excludes halogenated alkanes) is 1. The molecule has 1 aliphatic heterocycles. The highest BCUT2D eigenvalue weighted by molar-refractivity contribution is 7.89. The van der Waals surface area contributed by atoms with Crippen molar-refractivity contribution in [2.24, 2.45) is 5.73 Å². The Morgan fingerprint density at radius 3 is 2.36 bits per heavy atom. The normalized spacial score (nSPS) is 14.2. The van der Waals surface area contributed by atoms with Crippen molar-refractivity contribution in [2.45, 2.75) is 37.0 Å². The van der Waals surface area contributed by atoms with Crippen LogP contribution >= 0.6 is 24.8 Å². The number of nitrogens with two attached hydrogens (primary N) is 1. The zero-order valence-electron chi connectivity index (χ0n) is 16.5. The number of piperidine rings is 1. The summed E-state index contributed by atoms with van der Waals surface area (Å²) in [6.07, 6.45) is 4.99. The number of hydrogen-bond donors (Lipinski definition) is 2. The molecule has 0 bridgehead atoms. The molecule has 0 aliphatic carbocycles. The average molecular weight is 455 g/mol. The molecular formula is C18H32Cl2N4O3S. The van der Waals surface area contributed by atoms with Crippen LogP contribution in [0.25, 0.3) is 0 Å². The largest absolute Gasteiger partial charge is 0.371 e. The molecule has 162 valence electrons. The third kappa shape index (κ3) is 6.77. The molecule has 0 saturated carbocycles. The van der Waals surface area contributed by atoms with Crippen LogP contribution in [0, 0.1) is 0 Å². The number of carbonyl (C=O) groups excluding carboxylic acids is 1. The van der Waals surface area contributed by atoms with Crippen LogP contribution in [0.15, 0.2) is 23.1 Å². The molecule has 7 nitrogen and oxygen atoms in total.